The molecule has 0 amide bonds. The van der Waals surface area contributed by atoms with E-state index in [0.717, 1.165) is 26.1 Å². The van der Waals surface area contributed by atoms with E-state index in [-0.39, 0.29) is 5.79 Å². The number of rotatable bonds is 4. The third kappa shape index (κ3) is 6.19. The minimum Gasteiger partial charge on any atom is -0.350 e. The van der Waals surface area contributed by atoms with Crippen molar-refractivity contribution in [2.45, 2.75) is 90.3 Å². The third-order valence-electron chi connectivity index (χ3n) is 3.93. The van der Waals surface area contributed by atoms with Crippen molar-refractivity contribution >= 4 is 0 Å². The van der Waals surface area contributed by atoms with Gasteiger partial charge in [0.1, 0.15) is 0 Å². The molecule has 0 atom stereocenters. The largest absolute Gasteiger partial charge is 0.350 e. The van der Waals surface area contributed by atoms with Crippen molar-refractivity contribution in [2.24, 2.45) is 0 Å². The summed E-state index contributed by atoms with van der Waals surface area (Å²) in [4.78, 5) is 0. The number of ether oxygens (including phenoxy) is 2. The molecule has 0 radical (unpaired) electrons. The van der Waals surface area contributed by atoms with Crippen molar-refractivity contribution in [2.75, 3.05) is 13.2 Å². The monoisotopic (exact) mass is 256 g/mol. The van der Waals surface area contributed by atoms with Crippen LogP contribution < -0.4 is 0 Å². The van der Waals surface area contributed by atoms with Gasteiger partial charge in [0.05, 0.1) is 0 Å². The van der Waals surface area contributed by atoms with E-state index in [9.17, 15) is 0 Å². The lowest BCUT2D eigenvalue weighted by atomic mass is 9.97. The second kappa shape index (κ2) is 9.80. The van der Waals surface area contributed by atoms with E-state index in [1.807, 2.05) is 0 Å². The maximum atomic E-state index is 5.99. The molecule has 0 aromatic heterocycles. The maximum Gasteiger partial charge on any atom is 0.168 e. The van der Waals surface area contributed by atoms with Crippen molar-refractivity contribution in [3.05, 3.63) is 0 Å². The van der Waals surface area contributed by atoms with E-state index in [4.69, 9.17) is 9.47 Å². The van der Waals surface area contributed by atoms with E-state index < -0.39 is 0 Å². The van der Waals surface area contributed by atoms with Crippen molar-refractivity contribution in [3.8, 4) is 0 Å². The van der Waals surface area contributed by atoms with Crippen LogP contribution in [0, 0.1) is 0 Å². The molecule has 0 heterocycles. The van der Waals surface area contributed by atoms with Crippen LogP contribution in [-0.2, 0) is 9.47 Å². The predicted molar refractivity (Wildman–Crippen MR) is 76.8 cm³/mol. The second-order valence-electron chi connectivity index (χ2n) is 5.46. The Morgan fingerprint density at radius 1 is 0.611 bits per heavy atom. The highest BCUT2D eigenvalue weighted by molar-refractivity contribution is 4.71. The first kappa shape index (κ1) is 16.0. The molecular weight excluding hydrogens is 224 g/mol. The SMILES string of the molecule is CCOC1(OCC)CCCCCCCCCCC1. The smallest absolute Gasteiger partial charge is 0.168 e. The molecule has 0 aromatic rings. The number of hydrogen-bond donors (Lipinski definition) is 0. The zero-order chi connectivity index (χ0) is 13.1. The van der Waals surface area contributed by atoms with Gasteiger partial charge in [0.25, 0.3) is 0 Å². The van der Waals surface area contributed by atoms with Crippen molar-refractivity contribution in [1.29, 1.82) is 0 Å². The summed E-state index contributed by atoms with van der Waals surface area (Å²) < 4.78 is 12.0. The Bertz CT molecular complexity index is 172. The molecule has 1 fully saturated rings. The van der Waals surface area contributed by atoms with Crippen LogP contribution in [0.15, 0.2) is 0 Å². The molecule has 2 heteroatoms. The fourth-order valence-corrected chi connectivity index (χ4v) is 3.01. The molecule has 0 aliphatic heterocycles. The Morgan fingerprint density at radius 2 is 0.944 bits per heavy atom. The van der Waals surface area contributed by atoms with Gasteiger partial charge in [-0.1, -0.05) is 44.9 Å². The Hall–Kier alpha value is -0.0800. The molecule has 0 N–H and O–H groups in total. The molecular formula is C16H32O2. The quantitative estimate of drug-likeness (QED) is 0.654. The summed E-state index contributed by atoms with van der Waals surface area (Å²) >= 11 is 0. The van der Waals surface area contributed by atoms with Gasteiger partial charge in [-0.05, 0) is 26.7 Å². The number of hydrogen-bond acceptors (Lipinski definition) is 2. The van der Waals surface area contributed by atoms with Crippen molar-refractivity contribution < 1.29 is 9.47 Å². The minimum atomic E-state index is -0.275. The van der Waals surface area contributed by atoms with Crippen molar-refractivity contribution in [1.82, 2.24) is 0 Å². The van der Waals surface area contributed by atoms with E-state index in [1.54, 1.807) is 0 Å². The molecule has 1 rings (SSSR count). The van der Waals surface area contributed by atoms with Gasteiger partial charge < -0.3 is 9.47 Å². The molecule has 1 saturated carbocycles. The molecule has 1 aliphatic rings. The molecule has 108 valence electrons. The fraction of sp³-hybridized carbons (Fsp3) is 1.00. The van der Waals surface area contributed by atoms with Crippen LogP contribution in [0.4, 0.5) is 0 Å². The first-order valence-electron chi connectivity index (χ1n) is 8.11. The Labute approximate surface area is 113 Å². The topological polar surface area (TPSA) is 18.5 Å². The zero-order valence-electron chi connectivity index (χ0n) is 12.5. The second-order valence-corrected chi connectivity index (χ2v) is 5.46. The molecule has 18 heavy (non-hydrogen) atoms. The lowest BCUT2D eigenvalue weighted by molar-refractivity contribution is -0.242. The van der Waals surface area contributed by atoms with Gasteiger partial charge in [-0.2, -0.15) is 0 Å². The zero-order valence-corrected chi connectivity index (χ0v) is 12.5. The lowest BCUT2D eigenvalue weighted by Crippen LogP contribution is -2.36. The van der Waals surface area contributed by atoms with Crippen LogP contribution in [-0.4, -0.2) is 19.0 Å². The van der Waals surface area contributed by atoms with E-state index in [1.165, 1.54) is 57.8 Å². The fourth-order valence-electron chi connectivity index (χ4n) is 3.01. The average Bonchev–Trinajstić information content (AvgIpc) is 2.34. The van der Waals surface area contributed by atoms with Crippen LogP contribution in [0.5, 0.6) is 0 Å². The first-order chi connectivity index (χ1) is 8.83. The Morgan fingerprint density at radius 3 is 1.28 bits per heavy atom. The summed E-state index contributed by atoms with van der Waals surface area (Å²) in [6.07, 6.45) is 14.4. The summed E-state index contributed by atoms with van der Waals surface area (Å²) in [6.45, 7) is 5.69. The summed E-state index contributed by atoms with van der Waals surface area (Å²) in [5.74, 6) is -0.275. The maximum absolute atomic E-state index is 5.99. The van der Waals surface area contributed by atoms with Crippen molar-refractivity contribution in [3.63, 3.8) is 0 Å². The summed E-state index contributed by atoms with van der Waals surface area (Å²) in [7, 11) is 0. The molecule has 0 bridgehead atoms. The molecule has 2 nitrogen and oxygen atoms in total. The van der Waals surface area contributed by atoms with Gasteiger partial charge in [0, 0.05) is 26.1 Å². The van der Waals surface area contributed by atoms with Crippen LogP contribution in [0.1, 0.15) is 84.5 Å². The summed E-state index contributed by atoms with van der Waals surface area (Å²) in [5, 5.41) is 0. The average molecular weight is 256 g/mol. The molecule has 0 aromatic carbocycles. The van der Waals surface area contributed by atoms with Crippen LogP contribution in [0.25, 0.3) is 0 Å². The van der Waals surface area contributed by atoms with Crippen LogP contribution >= 0.6 is 0 Å². The summed E-state index contributed by atoms with van der Waals surface area (Å²) in [5.41, 5.74) is 0. The Balaban J connectivity index is 2.51. The van der Waals surface area contributed by atoms with Gasteiger partial charge in [-0.15, -0.1) is 0 Å². The highest BCUT2D eigenvalue weighted by Crippen LogP contribution is 2.29. The van der Waals surface area contributed by atoms with Gasteiger partial charge in [-0.25, -0.2) is 0 Å². The van der Waals surface area contributed by atoms with E-state index in [2.05, 4.69) is 13.8 Å². The van der Waals surface area contributed by atoms with Crippen LogP contribution in [0.3, 0.4) is 0 Å². The van der Waals surface area contributed by atoms with Gasteiger partial charge in [-0.3, -0.25) is 0 Å². The predicted octanol–water partition coefficient (Wildman–Crippen LogP) is 5.06. The summed E-state index contributed by atoms with van der Waals surface area (Å²) in [6, 6.07) is 0. The van der Waals surface area contributed by atoms with Gasteiger partial charge in [0.15, 0.2) is 5.79 Å². The molecule has 0 unspecified atom stereocenters. The van der Waals surface area contributed by atoms with Crippen LogP contribution in [0.2, 0.25) is 0 Å². The minimum absolute atomic E-state index is 0.275. The van der Waals surface area contributed by atoms with Gasteiger partial charge >= 0.3 is 0 Å². The normalized spacial score (nSPS) is 23.0. The van der Waals surface area contributed by atoms with E-state index in [0.29, 0.717) is 0 Å². The first-order valence-corrected chi connectivity index (χ1v) is 8.11. The van der Waals surface area contributed by atoms with E-state index >= 15 is 0 Å². The third-order valence-corrected chi connectivity index (χ3v) is 3.93. The lowest BCUT2D eigenvalue weighted by Gasteiger charge is -2.34. The standard InChI is InChI=1S/C16H32O2/c1-3-17-16(18-4-2)14-12-10-8-6-5-7-9-11-13-15-16/h3-15H2,1-2H3. The molecule has 0 saturated heterocycles. The molecule has 1 aliphatic carbocycles. The highest BCUT2D eigenvalue weighted by Gasteiger charge is 2.30. The highest BCUT2D eigenvalue weighted by atomic mass is 16.7. The molecule has 0 spiro atoms. The Kier molecular flexibility index (Phi) is 8.70. The van der Waals surface area contributed by atoms with Gasteiger partial charge in [0.2, 0.25) is 0 Å².